The number of amides is 3. The van der Waals surface area contributed by atoms with E-state index in [4.69, 9.17) is 16.3 Å². The van der Waals surface area contributed by atoms with Gasteiger partial charge in [0.15, 0.2) is 0 Å². The van der Waals surface area contributed by atoms with Gasteiger partial charge in [-0.25, -0.2) is 14.8 Å². The summed E-state index contributed by atoms with van der Waals surface area (Å²) >= 11 is 5.90. The topological polar surface area (TPSA) is 109 Å². The summed E-state index contributed by atoms with van der Waals surface area (Å²) in [6, 6.07) is 11.2. The van der Waals surface area contributed by atoms with Gasteiger partial charge in [0, 0.05) is 47.5 Å². The van der Waals surface area contributed by atoms with E-state index >= 15 is 0 Å². The second kappa shape index (κ2) is 9.61. The van der Waals surface area contributed by atoms with Gasteiger partial charge in [0.1, 0.15) is 17.9 Å². The predicted molar refractivity (Wildman–Crippen MR) is 120 cm³/mol. The fourth-order valence-corrected chi connectivity index (χ4v) is 3.71. The van der Waals surface area contributed by atoms with Gasteiger partial charge >= 0.3 is 6.03 Å². The molecule has 1 aliphatic rings. The first-order valence-corrected chi connectivity index (χ1v) is 10.3. The van der Waals surface area contributed by atoms with Gasteiger partial charge in [-0.15, -0.1) is 0 Å². The van der Waals surface area contributed by atoms with Crippen molar-refractivity contribution in [3.63, 3.8) is 0 Å². The minimum Gasteiger partial charge on any atom is -0.495 e. The summed E-state index contributed by atoms with van der Waals surface area (Å²) in [5.41, 5.74) is 1.32. The quantitative estimate of drug-likeness (QED) is 0.615. The van der Waals surface area contributed by atoms with Gasteiger partial charge < -0.3 is 15.4 Å². The molecule has 3 heterocycles. The Morgan fingerprint density at radius 2 is 1.97 bits per heavy atom. The molecule has 2 atom stereocenters. The van der Waals surface area contributed by atoms with Crippen LogP contribution in [0.4, 0.5) is 16.3 Å². The van der Waals surface area contributed by atoms with Crippen molar-refractivity contribution < 1.29 is 14.3 Å². The molecule has 2 unspecified atom stereocenters. The van der Waals surface area contributed by atoms with E-state index in [9.17, 15) is 9.59 Å². The van der Waals surface area contributed by atoms with Crippen LogP contribution in [0.5, 0.6) is 5.75 Å². The number of rotatable bonds is 5. The molecule has 1 fully saturated rings. The molecule has 1 aromatic carbocycles. The van der Waals surface area contributed by atoms with Crippen LogP contribution in [0.3, 0.4) is 0 Å². The SMILES string of the molecule is COc1ccc(C2CN(c3ccncn3)C(=O)CC2NC(=O)Nc2ccc(Cl)cc2)nc1. The lowest BCUT2D eigenvalue weighted by molar-refractivity contribution is -0.120. The van der Waals surface area contributed by atoms with E-state index in [-0.39, 0.29) is 18.2 Å². The Morgan fingerprint density at radius 3 is 2.62 bits per heavy atom. The van der Waals surface area contributed by atoms with Crippen LogP contribution >= 0.6 is 11.6 Å². The van der Waals surface area contributed by atoms with Gasteiger partial charge in [-0.3, -0.25) is 14.7 Å². The molecule has 32 heavy (non-hydrogen) atoms. The number of anilines is 2. The van der Waals surface area contributed by atoms with Gasteiger partial charge in [0.05, 0.1) is 13.3 Å². The lowest BCUT2D eigenvalue weighted by Gasteiger charge is -2.37. The maximum atomic E-state index is 12.9. The number of ether oxygens (including phenoxy) is 1. The molecule has 9 nitrogen and oxygen atoms in total. The molecule has 3 amide bonds. The fraction of sp³-hybridized carbons (Fsp3) is 0.227. The maximum Gasteiger partial charge on any atom is 0.319 e. The molecule has 0 saturated carbocycles. The standard InChI is InChI=1S/C22H21ClN6O3/c1-32-16-6-7-18(25-11-16)17-12-29(20-8-9-24-13-26-20)21(30)10-19(17)28-22(31)27-15-4-2-14(23)3-5-15/h2-9,11,13,17,19H,10,12H2,1H3,(H2,27,28,31). The van der Waals surface area contributed by atoms with Crippen LogP contribution in [0.25, 0.3) is 0 Å². The number of aromatic nitrogens is 3. The van der Waals surface area contributed by atoms with Gasteiger partial charge in [0.2, 0.25) is 5.91 Å². The van der Waals surface area contributed by atoms with E-state index < -0.39 is 12.1 Å². The van der Waals surface area contributed by atoms with Crippen molar-refractivity contribution in [3.05, 3.63) is 71.9 Å². The average Bonchev–Trinajstić information content (AvgIpc) is 2.81. The summed E-state index contributed by atoms with van der Waals surface area (Å²) in [5, 5.41) is 6.27. The van der Waals surface area contributed by atoms with E-state index in [1.54, 1.807) is 60.8 Å². The lowest BCUT2D eigenvalue weighted by Crippen LogP contribution is -2.53. The minimum absolute atomic E-state index is 0.0937. The number of methoxy groups -OCH3 is 1. The highest BCUT2D eigenvalue weighted by atomic mass is 35.5. The highest BCUT2D eigenvalue weighted by molar-refractivity contribution is 6.30. The second-order valence-electron chi connectivity index (χ2n) is 7.22. The van der Waals surface area contributed by atoms with Crippen molar-refractivity contribution in [2.45, 2.75) is 18.4 Å². The minimum atomic E-state index is -0.464. The number of carbonyl (C=O) groups excluding carboxylic acids is 2. The number of hydrogen-bond acceptors (Lipinski definition) is 6. The zero-order chi connectivity index (χ0) is 22.5. The molecule has 10 heteroatoms. The fourth-order valence-electron chi connectivity index (χ4n) is 3.58. The molecule has 2 aromatic heterocycles. The third kappa shape index (κ3) is 4.94. The summed E-state index contributed by atoms with van der Waals surface area (Å²) in [6.45, 7) is 0.307. The first-order chi connectivity index (χ1) is 15.5. The zero-order valence-electron chi connectivity index (χ0n) is 17.2. The smallest absolute Gasteiger partial charge is 0.319 e. The number of carbonyl (C=O) groups is 2. The molecular weight excluding hydrogens is 432 g/mol. The molecule has 0 spiro atoms. The van der Waals surface area contributed by atoms with Crippen LogP contribution in [0.2, 0.25) is 5.02 Å². The van der Waals surface area contributed by atoms with E-state index in [1.165, 1.54) is 6.33 Å². The average molecular weight is 453 g/mol. The number of benzene rings is 1. The number of hydrogen-bond donors (Lipinski definition) is 2. The Kier molecular flexibility index (Phi) is 6.46. The highest BCUT2D eigenvalue weighted by Gasteiger charge is 2.38. The molecule has 3 aromatic rings. The summed E-state index contributed by atoms with van der Waals surface area (Å²) < 4.78 is 5.20. The van der Waals surface area contributed by atoms with Crippen LogP contribution < -0.4 is 20.3 Å². The Labute approximate surface area is 189 Å². The largest absolute Gasteiger partial charge is 0.495 e. The third-order valence-electron chi connectivity index (χ3n) is 5.20. The third-order valence-corrected chi connectivity index (χ3v) is 5.45. The molecule has 164 valence electrons. The summed E-state index contributed by atoms with van der Waals surface area (Å²) in [7, 11) is 1.57. The van der Waals surface area contributed by atoms with E-state index in [2.05, 4.69) is 25.6 Å². The molecule has 0 aliphatic carbocycles. The second-order valence-corrected chi connectivity index (χ2v) is 7.65. The van der Waals surface area contributed by atoms with Crippen molar-refractivity contribution in [2.75, 3.05) is 23.9 Å². The van der Waals surface area contributed by atoms with Crippen molar-refractivity contribution in [2.24, 2.45) is 0 Å². The van der Waals surface area contributed by atoms with Crippen LogP contribution in [0, 0.1) is 0 Å². The Morgan fingerprint density at radius 1 is 1.16 bits per heavy atom. The van der Waals surface area contributed by atoms with Gasteiger partial charge in [0.25, 0.3) is 0 Å². The molecule has 1 saturated heterocycles. The van der Waals surface area contributed by atoms with Crippen molar-refractivity contribution in [1.29, 1.82) is 0 Å². The van der Waals surface area contributed by atoms with Crippen molar-refractivity contribution >= 4 is 35.0 Å². The number of piperidine rings is 1. The predicted octanol–water partition coefficient (Wildman–Crippen LogP) is 3.24. The molecule has 1 aliphatic heterocycles. The Bertz CT molecular complexity index is 1080. The van der Waals surface area contributed by atoms with Gasteiger partial charge in [-0.1, -0.05) is 11.6 Å². The molecular formula is C22H21ClN6O3. The van der Waals surface area contributed by atoms with Crippen LogP contribution in [-0.2, 0) is 4.79 Å². The normalized spacial score (nSPS) is 18.2. The Balaban J connectivity index is 1.56. The molecule has 0 radical (unpaired) electrons. The first-order valence-electron chi connectivity index (χ1n) is 9.93. The number of urea groups is 1. The highest BCUT2D eigenvalue weighted by Crippen LogP contribution is 2.30. The summed E-state index contributed by atoms with van der Waals surface area (Å²) in [5.74, 6) is 0.723. The van der Waals surface area contributed by atoms with Crippen LogP contribution in [0.15, 0.2) is 61.2 Å². The number of nitrogens with zero attached hydrogens (tertiary/aromatic N) is 4. The van der Waals surface area contributed by atoms with Crippen LogP contribution in [-0.4, -0.2) is 46.6 Å². The Hall–Kier alpha value is -3.72. The number of pyridine rings is 1. The van der Waals surface area contributed by atoms with Crippen LogP contribution in [0.1, 0.15) is 18.0 Å². The molecule has 4 rings (SSSR count). The first kappa shape index (κ1) is 21.5. The monoisotopic (exact) mass is 452 g/mol. The summed E-state index contributed by atoms with van der Waals surface area (Å²) in [6.07, 6.45) is 4.69. The lowest BCUT2D eigenvalue weighted by atomic mass is 9.88. The summed E-state index contributed by atoms with van der Waals surface area (Å²) in [4.78, 5) is 39.8. The number of nitrogens with one attached hydrogen (secondary N) is 2. The molecule has 2 N–H and O–H groups in total. The van der Waals surface area contributed by atoms with Crippen molar-refractivity contribution in [1.82, 2.24) is 20.3 Å². The van der Waals surface area contributed by atoms with Crippen molar-refractivity contribution in [3.8, 4) is 5.75 Å². The van der Waals surface area contributed by atoms with Gasteiger partial charge in [-0.05, 0) is 42.5 Å². The number of halogens is 1. The zero-order valence-corrected chi connectivity index (χ0v) is 18.0. The molecule has 0 bridgehead atoms. The van der Waals surface area contributed by atoms with E-state index in [0.29, 0.717) is 28.8 Å². The van der Waals surface area contributed by atoms with Gasteiger partial charge in [-0.2, -0.15) is 0 Å². The van der Waals surface area contributed by atoms with E-state index in [1.807, 2.05) is 6.07 Å². The maximum absolute atomic E-state index is 12.9. The van der Waals surface area contributed by atoms with E-state index in [0.717, 1.165) is 5.69 Å².